The summed E-state index contributed by atoms with van der Waals surface area (Å²) < 4.78 is 15.4. The quantitative estimate of drug-likeness (QED) is 0.241. The van der Waals surface area contributed by atoms with Crippen LogP contribution in [0.15, 0.2) is 9.59 Å². The van der Waals surface area contributed by atoms with Gasteiger partial charge in [-0.2, -0.15) is 0 Å². The van der Waals surface area contributed by atoms with E-state index < -0.39 is 48.2 Å². The topological polar surface area (TPSA) is 155 Å². The molecular formula is C14H21NO9. The predicted octanol–water partition coefficient (Wildman–Crippen LogP) is -3.09. The lowest BCUT2D eigenvalue weighted by atomic mass is 9.99. The van der Waals surface area contributed by atoms with Gasteiger partial charge < -0.3 is 40.0 Å². The maximum Gasteiger partial charge on any atom is 0.272 e. The van der Waals surface area contributed by atoms with E-state index in [-0.39, 0.29) is 31.2 Å². The zero-order valence-electron chi connectivity index (χ0n) is 13.0. The molecule has 5 N–H and O–H groups in total. The van der Waals surface area contributed by atoms with Gasteiger partial charge in [-0.25, -0.2) is 0 Å². The highest BCUT2D eigenvalue weighted by molar-refractivity contribution is 5.61. The Bertz CT molecular complexity index is 610. The Morgan fingerprint density at radius 2 is 1.83 bits per heavy atom. The summed E-state index contributed by atoms with van der Waals surface area (Å²) >= 11 is 0. The van der Waals surface area contributed by atoms with Crippen LogP contribution in [0.25, 0.3) is 0 Å². The largest absolute Gasteiger partial charge is 0.488 e. The molecule has 1 heterocycles. The van der Waals surface area contributed by atoms with Crippen LogP contribution in [0, 0.1) is 0 Å². The number of aliphatic hydroxyl groups is 4. The van der Waals surface area contributed by atoms with E-state index in [0.717, 1.165) is 0 Å². The molecule has 1 fully saturated rings. The molecule has 0 saturated carbocycles. The van der Waals surface area contributed by atoms with Crippen LogP contribution in [-0.2, 0) is 9.47 Å². The molecule has 0 radical (unpaired) electrons. The Hall–Kier alpha value is -1.56. The van der Waals surface area contributed by atoms with Crippen molar-refractivity contribution >= 4 is 5.69 Å². The highest BCUT2D eigenvalue weighted by Crippen LogP contribution is 2.22. The third-order valence-corrected chi connectivity index (χ3v) is 3.69. The lowest BCUT2D eigenvalue weighted by Crippen LogP contribution is -2.59. The van der Waals surface area contributed by atoms with Gasteiger partial charge in [0, 0.05) is 6.54 Å². The molecule has 0 amide bonds. The first-order valence-corrected chi connectivity index (χ1v) is 7.54. The van der Waals surface area contributed by atoms with E-state index >= 15 is 0 Å². The van der Waals surface area contributed by atoms with Gasteiger partial charge in [0.1, 0.15) is 30.1 Å². The fourth-order valence-corrected chi connectivity index (χ4v) is 2.37. The molecule has 0 unspecified atom stereocenters. The van der Waals surface area contributed by atoms with Crippen LogP contribution in [0.1, 0.15) is 6.92 Å². The number of hydrogen-bond donors (Lipinski definition) is 5. The molecule has 24 heavy (non-hydrogen) atoms. The summed E-state index contributed by atoms with van der Waals surface area (Å²) in [6, 6.07) is 0. The number of ether oxygens (including phenoxy) is 3. The Labute approximate surface area is 136 Å². The van der Waals surface area contributed by atoms with Crippen LogP contribution in [0.4, 0.5) is 5.69 Å². The zero-order chi connectivity index (χ0) is 17.9. The number of hydrogen-bond acceptors (Lipinski definition) is 10. The normalized spacial score (nSPS) is 30.5. The molecule has 1 aliphatic heterocycles. The molecule has 1 aliphatic rings. The molecule has 1 aromatic rings. The van der Waals surface area contributed by atoms with E-state index in [1.807, 2.05) is 0 Å². The highest BCUT2D eigenvalue weighted by atomic mass is 16.7. The van der Waals surface area contributed by atoms with Crippen LogP contribution < -0.4 is 20.9 Å². The number of nitrogens with one attached hydrogen (secondary N) is 1. The molecule has 10 heteroatoms. The van der Waals surface area contributed by atoms with Crippen molar-refractivity contribution in [2.45, 2.75) is 37.6 Å². The predicted molar refractivity (Wildman–Crippen MR) is 80.7 cm³/mol. The first-order valence-electron chi connectivity index (χ1n) is 7.54. The molecule has 10 nitrogen and oxygen atoms in total. The van der Waals surface area contributed by atoms with Crippen molar-refractivity contribution in [3.05, 3.63) is 20.4 Å². The first kappa shape index (κ1) is 18.8. The van der Waals surface area contributed by atoms with E-state index in [2.05, 4.69) is 5.32 Å². The lowest BCUT2D eigenvalue weighted by molar-refractivity contribution is -0.300. The fourth-order valence-electron chi connectivity index (χ4n) is 2.37. The summed E-state index contributed by atoms with van der Waals surface area (Å²) in [6.45, 7) is 1.46. The minimum Gasteiger partial charge on any atom is -0.488 e. The Balaban J connectivity index is 1.83. The Morgan fingerprint density at radius 1 is 1.12 bits per heavy atom. The maximum atomic E-state index is 11.4. The molecule has 2 rings (SSSR count). The highest BCUT2D eigenvalue weighted by Gasteiger charge is 2.43. The molecule has 136 valence electrons. The smallest absolute Gasteiger partial charge is 0.272 e. The van der Waals surface area contributed by atoms with E-state index in [1.54, 1.807) is 6.92 Å². The van der Waals surface area contributed by atoms with E-state index in [4.69, 9.17) is 19.3 Å². The summed E-state index contributed by atoms with van der Waals surface area (Å²) in [4.78, 5) is 22.7. The number of anilines is 1. The standard InChI is InChI=1S/C14H21NO9/c1-2-22-13-7(9(18)11(13)20)15-3-4-23-14-12(21)10(19)8(17)6(5-16)24-14/h6,8,10,12,14-17,19,21H,2-5H2,1H3/t6-,8-,10+,12+,14+/m1/s1. The van der Waals surface area contributed by atoms with Gasteiger partial charge in [0.25, 0.3) is 10.9 Å². The molecule has 0 bridgehead atoms. The fraction of sp³-hybridized carbons (Fsp3) is 0.714. The van der Waals surface area contributed by atoms with Crippen molar-refractivity contribution in [1.82, 2.24) is 0 Å². The van der Waals surface area contributed by atoms with Gasteiger partial charge >= 0.3 is 0 Å². The van der Waals surface area contributed by atoms with E-state index in [1.165, 1.54) is 0 Å². The van der Waals surface area contributed by atoms with Crippen LogP contribution >= 0.6 is 0 Å². The molecule has 0 spiro atoms. The molecule has 0 aromatic heterocycles. The Morgan fingerprint density at radius 3 is 2.46 bits per heavy atom. The second-order valence-corrected chi connectivity index (χ2v) is 5.29. The van der Waals surface area contributed by atoms with Crippen molar-refractivity contribution in [3.8, 4) is 5.75 Å². The molecular weight excluding hydrogens is 326 g/mol. The summed E-state index contributed by atoms with van der Waals surface area (Å²) in [7, 11) is 0. The minimum absolute atomic E-state index is 0.0182. The summed E-state index contributed by atoms with van der Waals surface area (Å²) in [6.07, 6.45) is -6.78. The van der Waals surface area contributed by atoms with Crippen molar-refractivity contribution < 1.29 is 34.6 Å². The second kappa shape index (κ2) is 8.01. The first-order chi connectivity index (χ1) is 11.4. The van der Waals surface area contributed by atoms with Crippen molar-refractivity contribution in [1.29, 1.82) is 0 Å². The Kier molecular flexibility index (Phi) is 6.27. The van der Waals surface area contributed by atoms with Crippen LogP contribution in [0.2, 0.25) is 0 Å². The molecule has 1 saturated heterocycles. The van der Waals surface area contributed by atoms with Gasteiger partial charge in [0.15, 0.2) is 12.0 Å². The van der Waals surface area contributed by atoms with Crippen molar-refractivity contribution in [2.24, 2.45) is 0 Å². The van der Waals surface area contributed by atoms with E-state index in [0.29, 0.717) is 0 Å². The third-order valence-electron chi connectivity index (χ3n) is 3.69. The maximum absolute atomic E-state index is 11.4. The van der Waals surface area contributed by atoms with Crippen LogP contribution in [0.3, 0.4) is 0 Å². The van der Waals surface area contributed by atoms with Gasteiger partial charge in [0.2, 0.25) is 0 Å². The van der Waals surface area contributed by atoms with Gasteiger partial charge in [-0.15, -0.1) is 0 Å². The summed E-state index contributed by atoms with van der Waals surface area (Å²) in [5.74, 6) is -0.0182. The molecule has 0 aliphatic carbocycles. The average Bonchev–Trinajstić information content (AvgIpc) is 2.59. The van der Waals surface area contributed by atoms with Gasteiger partial charge in [-0.3, -0.25) is 9.59 Å². The van der Waals surface area contributed by atoms with Gasteiger partial charge in [-0.1, -0.05) is 0 Å². The molecule has 1 aromatic carbocycles. The van der Waals surface area contributed by atoms with Crippen LogP contribution in [0.5, 0.6) is 5.75 Å². The van der Waals surface area contributed by atoms with Crippen LogP contribution in [-0.4, -0.2) is 77.5 Å². The monoisotopic (exact) mass is 347 g/mol. The second-order valence-electron chi connectivity index (χ2n) is 5.29. The average molecular weight is 347 g/mol. The number of aliphatic hydroxyl groups excluding tert-OH is 4. The summed E-state index contributed by atoms with van der Waals surface area (Å²) in [5, 5.41) is 40.8. The SMILES string of the molecule is CCOc1c(NCCO[C@H]2O[C@H](CO)[C@@H](O)[C@H](O)[C@@H]2O)c(=O)c1=O. The van der Waals surface area contributed by atoms with Gasteiger partial charge in [-0.05, 0) is 6.92 Å². The zero-order valence-corrected chi connectivity index (χ0v) is 13.0. The molecule has 5 atom stereocenters. The third kappa shape index (κ3) is 3.58. The van der Waals surface area contributed by atoms with Gasteiger partial charge in [0.05, 0.1) is 19.8 Å². The summed E-state index contributed by atoms with van der Waals surface area (Å²) in [5.41, 5.74) is -1.29. The number of rotatable bonds is 8. The minimum atomic E-state index is -1.52. The van der Waals surface area contributed by atoms with Crippen molar-refractivity contribution in [3.63, 3.8) is 0 Å². The van der Waals surface area contributed by atoms with Crippen molar-refractivity contribution in [2.75, 3.05) is 31.7 Å². The lowest BCUT2D eigenvalue weighted by Gasteiger charge is -2.39. The van der Waals surface area contributed by atoms with E-state index in [9.17, 15) is 24.9 Å².